The Balaban J connectivity index is 2.43. The third kappa shape index (κ3) is 3.71. The average molecular weight is 333 g/mol. The third-order valence-corrected chi connectivity index (χ3v) is 4.10. The summed E-state index contributed by atoms with van der Waals surface area (Å²) in [6, 6.07) is 9.81. The highest BCUT2D eigenvalue weighted by Gasteiger charge is 2.35. The lowest BCUT2D eigenvalue weighted by Gasteiger charge is -2.12. The molecule has 0 aromatic heterocycles. The second kappa shape index (κ2) is 5.99. The quantitative estimate of drug-likeness (QED) is 0.838. The lowest BCUT2D eigenvalue weighted by Crippen LogP contribution is -2.12. The first-order chi connectivity index (χ1) is 9.79. The van der Waals surface area contributed by atoms with E-state index >= 15 is 0 Å². The molecule has 0 bridgehead atoms. The van der Waals surface area contributed by atoms with Crippen molar-refractivity contribution in [3.63, 3.8) is 0 Å². The number of carbonyl (C=O) groups is 1. The van der Waals surface area contributed by atoms with Gasteiger partial charge in [-0.05, 0) is 30.3 Å². The molecule has 0 saturated carbocycles. The predicted octanol–water partition coefficient (Wildman–Crippen LogP) is 5.21. The maximum atomic E-state index is 12.9. The van der Waals surface area contributed by atoms with Crippen LogP contribution >= 0.6 is 23.4 Å². The van der Waals surface area contributed by atoms with E-state index in [2.05, 4.69) is 0 Å². The van der Waals surface area contributed by atoms with Crippen LogP contribution in [0.15, 0.2) is 52.3 Å². The molecule has 0 radical (unpaired) electrons. The Morgan fingerprint density at radius 3 is 2.38 bits per heavy atom. The smallest absolute Gasteiger partial charge is 0.417 e. The first kappa shape index (κ1) is 15.7. The van der Waals surface area contributed by atoms with Crippen molar-refractivity contribution in [1.29, 1.82) is 0 Å². The van der Waals surface area contributed by atoms with Crippen LogP contribution in [-0.2, 0) is 6.18 Å². The summed E-state index contributed by atoms with van der Waals surface area (Å²) in [5.41, 5.74) is -1.95. The van der Waals surface area contributed by atoms with Crippen molar-refractivity contribution in [2.45, 2.75) is 16.0 Å². The zero-order valence-electron chi connectivity index (χ0n) is 10.3. The molecule has 110 valence electrons. The molecular weight excluding hydrogens is 325 g/mol. The van der Waals surface area contributed by atoms with E-state index in [0.717, 1.165) is 23.9 Å². The summed E-state index contributed by atoms with van der Waals surface area (Å²) in [6.45, 7) is 0. The number of benzene rings is 2. The predicted molar refractivity (Wildman–Crippen MR) is 74.0 cm³/mol. The van der Waals surface area contributed by atoms with Gasteiger partial charge in [0.2, 0.25) is 0 Å². The van der Waals surface area contributed by atoms with Crippen LogP contribution in [0.25, 0.3) is 0 Å². The van der Waals surface area contributed by atoms with E-state index in [1.807, 2.05) is 0 Å². The molecule has 1 N–H and O–H groups in total. The number of alkyl halides is 3. The fourth-order valence-electron chi connectivity index (χ4n) is 1.66. The van der Waals surface area contributed by atoms with Crippen molar-refractivity contribution in [3.8, 4) is 0 Å². The van der Waals surface area contributed by atoms with Gasteiger partial charge in [-0.3, -0.25) is 0 Å². The van der Waals surface area contributed by atoms with Gasteiger partial charge in [0.1, 0.15) is 0 Å². The standard InChI is InChI=1S/C14H8ClF3O2S/c15-11-3-1-2-4-12(11)21-8-5-6-9(13(19)20)10(7-8)14(16,17)18/h1-7H,(H,19,20). The monoisotopic (exact) mass is 332 g/mol. The lowest BCUT2D eigenvalue weighted by molar-refractivity contribution is -0.138. The highest BCUT2D eigenvalue weighted by Crippen LogP contribution is 2.38. The summed E-state index contributed by atoms with van der Waals surface area (Å²) in [4.78, 5) is 11.7. The topological polar surface area (TPSA) is 37.3 Å². The van der Waals surface area contributed by atoms with E-state index < -0.39 is 23.3 Å². The van der Waals surface area contributed by atoms with Crippen LogP contribution in [-0.4, -0.2) is 11.1 Å². The Morgan fingerprint density at radius 1 is 1.14 bits per heavy atom. The minimum absolute atomic E-state index is 0.264. The number of carboxylic acids is 1. The molecule has 0 heterocycles. The van der Waals surface area contributed by atoms with Gasteiger partial charge in [-0.1, -0.05) is 35.5 Å². The van der Waals surface area contributed by atoms with Gasteiger partial charge in [0.25, 0.3) is 0 Å². The van der Waals surface area contributed by atoms with Gasteiger partial charge in [-0.2, -0.15) is 13.2 Å². The molecule has 0 aliphatic carbocycles. The van der Waals surface area contributed by atoms with Crippen LogP contribution in [0.2, 0.25) is 5.02 Å². The van der Waals surface area contributed by atoms with Crippen molar-refractivity contribution < 1.29 is 23.1 Å². The number of aromatic carboxylic acids is 1. The van der Waals surface area contributed by atoms with Crippen molar-refractivity contribution in [2.75, 3.05) is 0 Å². The van der Waals surface area contributed by atoms with Gasteiger partial charge in [0.15, 0.2) is 0 Å². The minimum Gasteiger partial charge on any atom is -0.478 e. The maximum Gasteiger partial charge on any atom is 0.417 e. The second-order valence-corrected chi connectivity index (χ2v) is 5.57. The Morgan fingerprint density at radius 2 is 1.81 bits per heavy atom. The fourth-order valence-corrected chi connectivity index (χ4v) is 2.79. The normalized spacial score (nSPS) is 11.4. The van der Waals surface area contributed by atoms with E-state index in [9.17, 15) is 18.0 Å². The molecule has 0 spiro atoms. The summed E-state index contributed by atoms with van der Waals surface area (Å²) in [5.74, 6) is -1.61. The van der Waals surface area contributed by atoms with Crippen LogP contribution in [0, 0.1) is 0 Å². The van der Waals surface area contributed by atoms with Crippen LogP contribution in [0.5, 0.6) is 0 Å². The van der Waals surface area contributed by atoms with Crippen molar-refractivity contribution in [3.05, 3.63) is 58.6 Å². The van der Waals surface area contributed by atoms with Gasteiger partial charge in [-0.25, -0.2) is 4.79 Å². The third-order valence-electron chi connectivity index (χ3n) is 2.59. The molecule has 2 aromatic carbocycles. The van der Waals surface area contributed by atoms with Crippen LogP contribution in [0.1, 0.15) is 15.9 Å². The Bertz CT molecular complexity index is 686. The first-order valence-electron chi connectivity index (χ1n) is 5.66. The molecule has 21 heavy (non-hydrogen) atoms. The highest BCUT2D eigenvalue weighted by molar-refractivity contribution is 7.99. The fraction of sp³-hybridized carbons (Fsp3) is 0.0714. The second-order valence-electron chi connectivity index (χ2n) is 4.04. The molecular formula is C14H8ClF3O2S. The largest absolute Gasteiger partial charge is 0.478 e. The van der Waals surface area contributed by atoms with Crippen molar-refractivity contribution in [1.82, 2.24) is 0 Å². The number of rotatable bonds is 3. The zero-order valence-corrected chi connectivity index (χ0v) is 11.9. The molecule has 0 atom stereocenters. The SMILES string of the molecule is O=C(O)c1ccc(Sc2ccccc2Cl)cc1C(F)(F)F. The maximum absolute atomic E-state index is 12.9. The lowest BCUT2D eigenvalue weighted by atomic mass is 10.1. The molecule has 0 unspecified atom stereocenters. The molecule has 7 heteroatoms. The molecule has 0 saturated heterocycles. The molecule has 0 aliphatic heterocycles. The number of carboxylic acid groups (broad SMARTS) is 1. The van der Waals surface area contributed by atoms with E-state index in [1.165, 1.54) is 6.07 Å². The molecule has 2 rings (SSSR count). The van der Waals surface area contributed by atoms with Gasteiger partial charge in [-0.15, -0.1) is 0 Å². The summed E-state index contributed by atoms with van der Waals surface area (Å²) in [5, 5.41) is 9.24. The van der Waals surface area contributed by atoms with Crippen molar-refractivity contribution in [2.24, 2.45) is 0 Å². The van der Waals surface area contributed by atoms with Gasteiger partial charge in [0.05, 0.1) is 16.1 Å². The summed E-state index contributed by atoms with van der Waals surface area (Å²) < 4.78 is 38.7. The Hall–Kier alpha value is -1.66. The number of halogens is 4. The average Bonchev–Trinajstić information content (AvgIpc) is 2.40. The van der Waals surface area contributed by atoms with Crippen LogP contribution in [0.4, 0.5) is 13.2 Å². The highest BCUT2D eigenvalue weighted by atomic mass is 35.5. The summed E-state index contributed by atoms with van der Waals surface area (Å²) in [7, 11) is 0. The van der Waals surface area contributed by atoms with E-state index in [1.54, 1.807) is 24.3 Å². The van der Waals surface area contributed by atoms with Crippen LogP contribution in [0.3, 0.4) is 0 Å². The molecule has 0 amide bonds. The van der Waals surface area contributed by atoms with Crippen LogP contribution < -0.4 is 0 Å². The van der Waals surface area contributed by atoms with Gasteiger partial charge in [0, 0.05) is 9.79 Å². The van der Waals surface area contributed by atoms with Gasteiger partial charge < -0.3 is 5.11 Å². The molecule has 0 aliphatic rings. The Kier molecular flexibility index (Phi) is 4.49. The van der Waals surface area contributed by atoms with E-state index in [0.29, 0.717) is 9.92 Å². The summed E-state index contributed by atoms with van der Waals surface area (Å²) >= 11 is 6.99. The summed E-state index contributed by atoms with van der Waals surface area (Å²) in [6.07, 6.45) is -4.73. The molecule has 0 fully saturated rings. The van der Waals surface area contributed by atoms with E-state index in [-0.39, 0.29) is 4.90 Å². The Labute approximate surface area is 127 Å². The van der Waals surface area contributed by atoms with E-state index in [4.69, 9.17) is 16.7 Å². The number of hydrogen-bond acceptors (Lipinski definition) is 2. The van der Waals surface area contributed by atoms with Gasteiger partial charge >= 0.3 is 12.1 Å². The number of hydrogen-bond donors (Lipinski definition) is 1. The zero-order chi connectivity index (χ0) is 15.6. The molecule has 2 aromatic rings. The first-order valence-corrected chi connectivity index (χ1v) is 6.85. The minimum atomic E-state index is -4.73. The molecule has 2 nitrogen and oxygen atoms in total. The van der Waals surface area contributed by atoms with Crippen molar-refractivity contribution >= 4 is 29.3 Å².